The van der Waals surface area contributed by atoms with Crippen LogP contribution in [0.2, 0.25) is 0 Å². The Hall–Kier alpha value is -0.828. The van der Waals surface area contributed by atoms with Crippen molar-refractivity contribution < 1.29 is 45.8 Å². The summed E-state index contributed by atoms with van der Waals surface area (Å²) in [6, 6.07) is -1.10. The van der Waals surface area contributed by atoms with Gasteiger partial charge in [0.15, 0.2) is 0 Å². The van der Waals surface area contributed by atoms with Crippen molar-refractivity contribution in [3.05, 3.63) is 43.4 Å². The van der Waals surface area contributed by atoms with Crippen LogP contribution in [0.5, 0.6) is 0 Å². The molecule has 96 valence electrons. The number of hydrogen-bond acceptors (Lipinski definition) is 3. The van der Waals surface area contributed by atoms with E-state index in [1.807, 2.05) is 0 Å². The van der Waals surface area contributed by atoms with Gasteiger partial charge in [-0.25, -0.2) is 4.79 Å². The van der Waals surface area contributed by atoms with Crippen molar-refractivity contribution in [2.24, 2.45) is 5.73 Å². The Morgan fingerprint density at radius 3 is 2.67 bits per heavy atom. The number of amides is 1. The summed E-state index contributed by atoms with van der Waals surface area (Å²) in [5, 5.41) is 11.0. The molecule has 0 aliphatic heterocycles. The maximum absolute atomic E-state index is 10.9. The Kier molecular flexibility index (Phi) is 9.00. The second kappa shape index (κ2) is 8.30. The van der Waals surface area contributed by atoms with Crippen LogP contribution in [0.3, 0.4) is 0 Å². The molecule has 0 heterocycles. The van der Waals surface area contributed by atoms with E-state index in [0.29, 0.717) is 5.57 Å². The summed E-state index contributed by atoms with van der Waals surface area (Å²) < 4.78 is 0. The summed E-state index contributed by atoms with van der Waals surface area (Å²) in [7, 11) is 0. The number of nitrogens with two attached hydrogens (primary N) is 1. The van der Waals surface area contributed by atoms with Crippen LogP contribution in [0.25, 0.3) is 0 Å². The van der Waals surface area contributed by atoms with Crippen LogP contribution in [-0.4, -0.2) is 29.1 Å². The maximum atomic E-state index is 10.9. The van der Waals surface area contributed by atoms with E-state index < -0.39 is 17.6 Å². The van der Waals surface area contributed by atoms with Crippen LogP contribution < -0.4 is 11.1 Å². The standard InChI is InChI=1S/C11H13N2O3.CH3.U/c1-11(12)5-2-3-8(4-6-11)9(10(15)16)13-7-14;;/h2-6,9H,12H2,1H3,(H,13,14)(H,15,16);1H3;/q2*-1;+2. The second-order valence-electron chi connectivity index (χ2n) is 3.74. The molecule has 18 heavy (non-hydrogen) atoms. The molecule has 0 aromatic rings. The van der Waals surface area contributed by atoms with Gasteiger partial charge in [-0.15, -0.1) is 0 Å². The smallest absolute Gasteiger partial charge is 0.520 e. The van der Waals surface area contributed by atoms with E-state index in [0.717, 1.165) is 0 Å². The molecule has 0 fully saturated rings. The quantitative estimate of drug-likeness (QED) is 0.404. The number of carboxylic acid groups (broad SMARTS) is 1. The van der Waals surface area contributed by atoms with Crippen LogP contribution in [-0.2, 0) is 9.59 Å². The molecule has 0 saturated carbocycles. The molecular formula is C12H16N2O3U. The van der Waals surface area contributed by atoms with Gasteiger partial charge in [-0.05, 0) is 12.5 Å². The van der Waals surface area contributed by atoms with Crippen molar-refractivity contribution in [1.82, 2.24) is 5.32 Å². The predicted octanol–water partition coefficient (Wildman–Crippen LogP) is 0.316. The van der Waals surface area contributed by atoms with Crippen LogP contribution in [0, 0.1) is 38.5 Å². The third-order valence-electron chi connectivity index (χ3n) is 2.16. The van der Waals surface area contributed by atoms with Crippen molar-refractivity contribution in [2.75, 3.05) is 0 Å². The van der Waals surface area contributed by atoms with Crippen molar-refractivity contribution in [1.29, 1.82) is 0 Å². The first-order valence-electron chi connectivity index (χ1n) is 4.69. The van der Waals surface area contributed by atoms with E-state index in [2.05, 4.69) is 5.32 Å². The molecule has 0 aromatic carbocycles. The minimum atomic E-state index is -1.15. The molecule has 6 heteroatoms. The zero-order chi connectivity index (χ0) is 12.2. The van der Waals surface area contributed by atoms with Crippen molar-refractivity contribution in [3.63, 3.8) is 0 Å². The van der Waals surface area contributed by atoms with Crippen LogP contribution in [0.4, 0.5) is 0 Å². The van der Waals surface area contributed by atoms with Gasteiger partial charge in [-0.2, -0.15) is 6.41 Å². The average molecular weight is 474 g/mol. The molecule has 2 atom stereocenters. The summed E-state index contributed by atoms with van der Waals surface area (Å²) in [5.41, 5.74) is 5.66. The third kappa shape index (κ3) is 5.68. The van der Waals surface area contributed by atoms with Crippen LogP contribution in [0.15, 0.2) is 36.0 Å². The van der Waals surface area contributed by atoms with Gasteiger partial charge in [0, 0.05) is 0 Å². The number of nitrogens with one attached hydrogen (secondary N) is 1. The normalized spacial score (nSPS) is 22.7. The molecule has 1 amide bonds. The summed E-state index contributed by atoms with van der Waals surface area (Å²) in [6.45, 7) is 1.78. The largest absolute Gasteiger partial charge is 2.00 e. The average Bonchev–Trinajstić information content (AvgIpc) is 2.35. The number of carboxylic acids is 1. The fourth-order valence-electron chi connectivity index (χ4n) is 1.29. The van der Waals surface area contributed by atoms with Crippen LogP contribution in [0.1, 0.15) is 6.92 Å². The number of carbonyl (C=O) groups is 1. The Morgan fingerprint density at radius 1 is 1.56 bits per heavy atom. The monoisotopic (exact) mass is 474 g/mol. The Labute approximate surface area is 131 Å². The van der Waals surface area contributed by atoms with Gasteiger partial charge in [0.05, 0.1) is 5.54 Å². The molecule has 0 bridgehead atoms. The van der Waals surface area contributed by atoms with E-state index in [1.54, 1.807) is 37.3 Å². The summed E-state index contributed by atoms with van der Waals surface area (Å²) in [6.07, 6.45) is 9.63. The third-order valence-corrected chi connectivity index (χ3v) is 2.16. The molecule has 1 aliphatic carbocycles. The molecule has 0 saturated heterocycles. The SMILES string of the molecule is CC1(N)C=CC=C(C(N[C-]=O)C(=O)O)C=C1.[CH3-].[U+2]. The van der Waals surface area contributed by atoms with E-state index in [4.69, 9.17) is 10.8 Å². The topological polar surface area (TPSA) is 92.4 Å². The maximum Gasteiger partial charge on any atom is 2.00 e. The Bertz CT molecular complexity index is 387. The van der Waals surface area contributed by atoms with Gasteiger partial charge < -0.3 is 28.4 Å². The van der Waals surface area contributed by atoms with E-state index in [-0.39, 0.29) is 38.5 Å². The number of hydrogen-bond donors (Lipinski definition) is 3. The minimum absolute atomic E-state index is 0. The first kappa shape index (κ1) is 19.5. The predicted molar refractivity (Wildman–Crippen MR) is 65.6 cm³/mol. The molecule has 0 spiro atoms. The van der Waals surface area contributed by atoms with Crippen molar-refractivity contribution in [3.8, 4) is 0 Å². The molecule has 1 rings (SSSR count). The molecule has 1 aliphatic rings. The Balaban J connectivity index is 0. The summed E-state index contributed by atoms with van der Waals surface area (Å²) >= 11 is 0. The van der Waals surface area contributed by atoms with Gasteiger partial charge in [0.1, 0.15) is 6.04 Å². The number of aliphatic carboxylic acids is 1. The summed E-state index contributed by atoms with van der Waals surface area (Å²) in [5.74, 6) is -1.15. The summed E-state index contributed by atoms with van der Waals surface area (Å²) in [4.78, 5) is 21.1. The molecule has 4 N–H and O–H groups in total. The van der Waals surface area contributed by atoms with Gasteiger partial charge >= 0.3 is 37.1 Å². The van der Waals surface area contributed by atoms with E-state index >= 15 is 0 Å². The van der Waals surface area contributed by atoms with Gasteiger partial charge in [-0.3, -0.25) is 0 Å². The second-order valence-corrected chi connectivity index (χ2v) is 3.74. The Morgan fingerprint density at radius 2 is 2.17 bits per heavy atom. The molecule has 0 radical (unpaired) electrons. The number of allylic oxidation sites excluding steroid dienone is 2. The van der Waals surface area contributed by atoms with Gasteiger partial charge in [0.25, 0.3) is 0 Å². The fraction of sp³-hybridized carbons (Fsp3) is 0.250. The van der Waals surface area contributed by atoms with Gasteiger partial charge in [0.2, 0.25) is 0 Å². The fourth-order valence-corrected chi connectivity index (χ4v) is 1.29. The van der Waals surface area contributed by atoms with Crippen molar-refractivity contribution >= 4 is 12.4 Å². The zero-order valence-corrected chi connectivity index (χ0v) is 14.5. The minimum Gasteiger partial charge on any atom is -0.520 e. The number of rotatable bonds is 4. The molecule has 0 aromatic heterocycles. The molecular weight excluding hydrogens is 458 g/mol. The number of carbonyl (C=O) groups excluding carboxylic acids is 1. The molecule has 5 nitrogen and oxygen atoms in total. The van der Waals surface area contributed by atoms with Crippen molar-refractivity contribution in [2.45, 2.75) is 18.5 Å². The molecule has 2 unspecified atom stereocenters. The first-order chi connectivity index (χ1) is 7.46. The van der Waals surface area contributed by atoms with E-state index in [9.17, 15) is 9.59 Å². The zero-order valence-electron chi connectivity index (χ0n) is 10.3. The van der Waals surface area contributed by atoms with E-state index in [1.165, 1.54) is 6.41 Å². The van der Waals surface area contributed by atoms with Crippen LogP contribution >= 0.6 is 0 Å². The first-order valence-corrected chi connectivity index (χ1v) is 4.69. The van der Waals surface area contributed by atoms with Gasteiger partial charge in [-0.1, -0.05) is 30.4 Å².